The summed E-state index contributed by atoms with van der Waals surface area (Å²) >= 11 is 4.82. The third kappa shape index (κ3) is 9.10. The van der Waals surface area contributed by atoms with E-state index in [0.29, 0.717) is 22.5 Å². The Bertz CT molecular complexity index is 1370. The first-order valence-electron chi connectivity index (χ1n) is 12.5. The standard InChI is InChI=1S/C18H16F3N3O.C11H16N2S/c1-2-3-13-4-6-14(7-5-13)17-22-12-24(23-17)15-8-10-16(11-9-15)25-18(19,20)21;1-7(2)9-6-8(3)4-5-10(9)13-11(12)14/h4-12H,2-3H2,1H3;4-7H,1-3H3,(H3,12,13,14). The van der Waals surface area contributed by atoms with Gasteiger partial charge in [0.15, 0.2) is 10.9 Å². The van der Waals surface area contributed by atoms with Crippen LogP contribution in [0.1, 0.15) is 49.8 Å². The van der Waals surface area contributed by atoms with Gasteiger partial charge in [0.1, 0.15) is 12.1 Å². The number of nitrogens with two attached hydrogens (primary N) is 1. The number of hydrogen-bond donors (Lipinski definition) is 2. The fourth-order valence-corrected chi connectivity index (χ4v) is 3.95. The third-order valence-electron chi connectivity index (χ3n) is 5.66. The molecule has 0 aliphatic carbocycles. The van der Waals surface area contributed by atoms with E-state index >= 15 is 0 Å². The van der Waals surface area contributed by atoms with E-state index < -0.39 is 6.36 Å². The molecule has 1 heterocycles. The van der Waals surface area contributed by atoms with E-state index in [-0.39, 0.29) is 5.75 Å². The van der Waals surface area contributed by atoms with E-state index in [1.165, 1.54) is 52.0 Å². The Labute approximate surface area is 232 Å². The number of thiocarbonyl (C=S) groups is 1. The highest BCUT2D eigenvalue weighted by atomic mass is 32.1. The van der Waals surface area contributed by atoms with Crippen LogP contribution < -0.4 is 15.8 Å². The fraction of sp³-hybridized carbons (Fsp3) is 0.276. The lowest BCUT2D eigenvalue weighted by molar-refractivity contribution is -0.274. The second kappa shape index (κ2) is 13.2. The Morgan fingerprint density at radius 1 is 1.05 bits per heavy atom. The van der Waals surface area contributed by atoms with E-state index in [1.807, 2.05) is 36.4 Å². The van der Waals surface area contributed by atoms with E-state index in [1.54, 1.807) is 0 Å². The Hall–Kier alpha value is -3.92. The monoisotopic (exact) mass is 555 g/mol. The van der Waals surface area contributed by atoms with E-state index in [2.05, 4.69) is 53.9 Å². The first-order valence-corrected chi connectivity index (χ1v) is 12.9. The number of anilines is 1. The molecule has 0 unspecified atom stereocenters. The van der Waals surface area contributed by atoms with Gasteiger partial charge in [0, 0.05) is 11.3 Å². The highest BCUT2D eigenvalue weighted by molar-refractivity contribution is 7.80. The number of benzene rings is 3. The van der Waals surface area contributed by atoms with Crippen LogP contribution in [0.4, 0.5) is 18.9 Å². The summed E-state index contributed by atoms with van der Waals surface area (Å²) in [6.07, 6.45) is -1.07. The number of aromatic nitrogens is 3. The predicted octanol–water partition coefficient (Wildman–Crippen LogP) is 7.56. The average molecular weight is 556 g/mol. The molecule has 1 aromatic heterocycles. The maximum atomic E-state index is 12.2. The van der Waals surface area contributed by atoms with Crippen molar-refractivity contribution in [3.05, 3.63) is 89.7 Å². The normalized spacial score (nSPS) is 11.1. The van der Waals surface area contributed by atoms with Crippen molar-refractivity contribution in [2.45, 2.75) is 52.8 Å². The van der Waals surface area contributed by atoms with Gasteiger partial charge in [-0.15, -0.1) is 18.3 Å². The van der Waals surface area contributed by atoms with Gasteiger partial charge in [-0.3, -0.25) is 0 Å². The molecule has 4 aromatic rings. The highest BCUT2D eigenvalue weighted by Crippen LogP contribution is 2.26. The Balaban J connectivity index is 0.000000255. The molecule has 0 amide bonds. The second-order valence-corrected chi connectivity index (χ2v) is 9.68. The number of hydrogen-bond acceptors (Lipinski definition) is 4. The highest BCUT2D eigenvalue weighted by Gasteiger charge is 2.31. The summed E-state index contributed by atoms with van der Waals surface area (Å²) in [7, 11) is 0. The topological polar surface area (TPSA) is 78.0 Å². The number of halogens is 3. The van der Waals surface area contributed by atoms with E-state index in [0.717, 1.165) is 24.1 Å². The molecule has 0 spiro atoms. The molecule has 39 heavy (non-hydrogen) atoms. The van der Waals surface area contributed by atoms with Crippen molar-refractivity contribution in [2.24, 2.45) is 5.73 Å². The van der Waals surface area contributed by atoms with Gasteiger partial charge in [-0.1, -0.05) is 69.2 Å². The van der Waals surface area contributed by atoms with Crippen molar-refractivity contribution in [3.63, 3.8) is 0 Å². The Morgan fingerprint density at radius 3 is 2.28 bits per heavy atom. The van der Waals surface area contributed by atoms with Crippen LogP contribution in [0.15, 0.2) is 73.1 Å². The smallest absolute Gasteiger partial charge is 0.406 e. The summed E-state index contributed by atoms with van der Waals surface area (Å²) in [5.74, 6) is 0.744. The van der Waals surface area contributed by atoms with Crippen LogP contribution in [0.3, 0.4) is 0 Å². The number of ether oxygens (including phenoxy) is 1. The lowest BCUT2D eigenvalue weighted by Gasteiger charge is -2.14. The minimum absolute atomic E-state index is 0.275. The molecule has 10 heteroatoms. The molecule has 0 radical (unpaired) electrons. The quantitative estimate of drug-likeness (QED) is 0.229. The van der Waals surface area contributed by atoms with E-state index in [9.17, 15) is 13.2 Å². The van der Waals surface area contributed by atoms with Crippen LogP contribution >= 0.6 is 12.2 Å². The lowest BCUT2D eigenvalue weighted by atomic mass is 9.99. The zero-order valence-corrected chi connectivity index (χ0v) is 23.1. The SMILES string of the molecule is CCCc1ccc(-c2ncn(-c3ccc(OC(F)(F)F)cc3)n2)cc1.Cc1ccc(NC(N)=S)c(C(C)C)c1. The van der Waals surface area contributed by atoms with Crippen LogP contribution in [-0.4, -0.2) is 26.2 Å². The van der Waals surface area contributed by atoms with Crippen LogP contribution in [0, 0.1) is 6.92 Å². The number of rotatable bonds is 7. The molecule has 0 bridgehead atoms. The van der Waals surface area contributed by atoms with Crippen LogP contribution in [0.5, 0.6) is 5.75 Å². The third-order valence-corrected chi connectivity index (χ3v) is 5.77. The van der Waals surface area contributed by atoms with Crippen molar-refractivity contribution < 1.29 is 17.9 Å². The molecule has 0 saturated heterocycles. The van der Waals surface area contributed by atoms with Crippen LogP contribution in [0.2, 0.25) is 0 Å². The Morgan fingerprint density at radius 2 is 1.72 bits per heavy atom. The number of aryl methyl sites for hydroxylation is 2. The van der Waals surface area contributed by atoms with Gasteiger partial charge in [-0.05, 0) is 72.9 Å². The molecule has 0 fully saturated rings. The minimum atomic E-state index is -4.70. The van der Waals surface area contributed by atoms with E-state index in [4.69, 9.17) is 18.0 Å². The molecule has 0 aliphatic heterocycles. The summed E-state index contributed by atoms with van der Waals surface area (Å²) < 4.78 is 41.9. The molecule has 4 rings (SSSR count). The van der Waals surface area contributed by atoms with Gasteiger partial charge in [0.2, 0.25) is 0 Å². The average Bonchev–Trinajstić information content (AvgIpc) is 3.36. The summed E-state index contributed by atoms with van der Waals surface area (Å²) in [4.78, 5) is 4.26. The first-order chi connectivity index (χ1) is 18.4. The summed E-state index contributed by atoms with van der Waals surface area (Å²) in [5, 5.41) is 7.68. The zero-order valence-electron chi connectivity index (χ0n) is 22.3. The van der Waals surface area contributed by atoms with Crippen LogP contribution in [0.25, 0.3) is 17.1 Å². The van der Waals surface area contributed by atoms with Gasteiger partial charge >= 0.3 is 6.36 Å². The van der Waals surface area contributed by atoms with Crippen molar-refractivity contribution in [3.8, 4) is 22.8 Å². The number of alkyl halides is 3. The van der Waals surface area contributed by atoms with Crippen molar-refractivity contribution in [1.82, 2.24) is 14.8 Å². The zero-order chi connectivity index (χ0) is 28.6. The van der Waals surface area contributed by atoms with Gasteiger partial charge in [-0.25, -0.2) is 9.67 Å². The Kier molecular flexibility index (Phi) is 10.1. The van der Waals surface area contributed by atoms with Gasteiger partial charge in [-0.2, -0.15) is 0 Å². The molecule has 0 atom stereocenters. The predicted molar refractivity (Wildman–Crippen MR) is 153 cm³/mol. The maximum absolute atomic E-state index is 12.2. The van der Waals surface area contributed by atoms with Gasteiger partial charge in [0.25, 0.3) is 0 Å². The van der Waals surface area contributed by atoms with Crippen LogP contribution in [-0.2, 0) is 6.42 Å². The van der Waals surface area contributed by atoms with Crippen molar-refractivity contribution >= 4 is 23.0 Å². The molecular formula is C29H32F3N5OS. The number of nitrogens with one attached hydrogen (secondary N) is 1. The molecule has 3 N–H and O–H groups in total. The van der Waals surface area contributed by atoms with Gasteiger partial charge in [0.05, 0.1) is 5.69 Å². The summed E-state index contributed by atoms with van der Waals surface area (Å²) in [6, 6.07) is 19.7. The largest absolute Gasteiger partial charge is 0.573 e. The van der Waals surface area contributed by atoms with Crippen molar-refractivity contribution in [2.75, 3.05) is 5.32 Å². The van der Waals surface area contributed by atoms with Crippen molar-refractivity contribution in [1.29, 1.82) is 0 Å². The molecular weight excluding hydrogens is 523 g/mol. The maximum Gasteiger partial charge on any atom is 0.573 e. The molecule has 0 saturated carbocycles. The minimum Gasteiger partial charge on any atom is -0.406 e. The summed E-state index contributed by atoms with van der Waals surface area (Å²) in [6.45, 7) is 8.51. The van der Waals surface area contributed by atoms with Gasteiger partial charge < -0.3 is 15.8 Å². The fourth-order valence-electron chi connectivity index (χ4n) is 3.84. The second-order valence-electron chi connectivity index (χ2n) is 9.24. The lowest BCUT2D eigenvalue weighted by Crippen LogP contribution is -2.20. The molecule has 3 aromatic carbocycles. The first kappa shape index (κ1) is 29.6. The molecule has 206 valence electrons. The molecule has 0 aliphatic rings. The number of nitrogens with zero attached hydrogens (tertiary/aromatic N) is 3. The molecule has 6 nitrogen and oxygen atoms in total. The summed E-state index contributed by atoms with van der Waals surface area (Å²) in [5.41, 5.74) is 11.7.